The molecule has 1 N–H and O–H groups in total. The van der Waals surface area contributed by atoms with Crippen LogP contribution in [0.25, 0.3) is 0 Å². The lowest BCUT2D eigenvalue weighted by molar-refractivity contribution is -0.0536. The molecule has 0 saturated heterocycles. The first kappa shape index (κ1) is 10.8. The second-order valence-corrected chi connectivity index (χ2v) is 2.85. The Morgan fingerprint density at radius 3 is 2.29 bits per heavy atom. The van der Waals surface area contributed by atoms with Crippen molar-refractivity contribution in [3.8, 4) is 0 Å². The standard InChI is InChI=1S/C8H6ClF3N2/c9-6-1-3-7(4-2-6)14-13-5-8(10,11)12/h1-5,14H/b13-5-. The van der Waals surface area contributed by atoms with Gasteiger partial charge in [0, 0.05) is 5.02 Å². The molecule has 6 heteroatoms. The van der Waals surface area contributed by atoms with Gasteiger partial charge in [0.15, 0.2) is 0 Å². The van der Waals surface area contributed by atoms with Gasteiger partial charge in [0.1, 0.15) is 6.21 Å². The van der Waals surface area contributed by atoms with E-state index in [9.17, 15) is 13.2 Å². The quantitative estimate of drug-likeness (QED) is 0.603. The molecule has 0 heterocycles. The van der Waals surface area contributed by atoms with Gasteiger partial charge < -0.3 is 0 Å². The Morgan fingerprint density at radius 2 is 1.79 bits per heavy atom. The van der Waals surface area contributed by atoms with Crippen molar-refractivity contribution in [2.24, 2.45) is 5.10 Å². The number of nitrogens with one attached hydrogen (secondary N) is 1. The lowest BCUT2D eigenvalue weighted by Gasteiger charge is -2.00. The summed E-state index contributed by atoms with van der Waals surface area (Å²) in [4.78, 5) is 0. The molecule has 0 amide bonds. The van der Waals surface area contributed by atoms with E-state index in [0.717, 1.165) is 0 Å². The lowest BCUT2D eigenvalue weighted by atomic mass is 10.3. The third-order valence-corrected chi connectivity index (χ3v) is 1.50. The van der Waals surface area contributed by atoms with Gasteiger partial charge in [0.2, 0.25) is 0 Å². The highest BCUT2D eigenvalue weighted by Crippen LogP contribution is 2.14. The van der Waals surface area contributed by atoms with E-state index >= 15 is 0 Å². The summed E-state index contributed by atoms with van der Waals surface area (Å²) >= 11 is 5.57. The van der Waals surface area contributed by atoms with E-state index in [1.807, 2.05) is 0 Å². The Labute approximate surface area is 83.4 Å². The van der Waals surface area contributed by atoms with Crippen molar-refractivity contribution in [2.45, 2.75) is 6.18 Å². The Bertz CT molecular complexity index is 318. The molecule has 0 aliphatic carbocycles. The van der Waals surface area contributed by atoms with Gasteiger partial charge in [0.25, 0.3) is 0 Å². The SMILES string of the molecule is FC(F)(F)/C=N\Nc1ccc(Cl)cc1. The molecule has 0 bridgehead atoms. The van der Waals surface area contributed by atoms with Crippen molar-refractivity contribution < 1.29 is 13.2 Å². The first-order valence-corrected chi connectivity index (χ1v) is 3.98. The fourth-order valence-electron chi connectivity index (χ4n) is 0.704. The molecule has 0 aliphatic rings. The fraction of sp³-hybridized carbons (Fsp3) is 0.125. The summed E-state index contributed by atoms with van der Waals surface area (Å²) < 4.78 is 34.8. The first-order chi connectivity index (χ1) is 6.47. The zero-order valence-corrected chi connectivity index (χ0v) is 7.60. The second-order valence-electron chi connectivity index (χ2n) is 2.42. The monoisotopic (exact) mass is 222 g/mol. The minimum Gasteiger partial charge on any atom is -0.279 e. The molecule has 2 nitrogen and oxygen atoms in total. The zero-order chi connectivity index (χ0) is 10.6. The summed E-state index contributed by atoms with van der Waals surface area (Å²) in [6.07, 6.45) is -4.53. The molecule has 0 spiro atoms. The third-order valence-electron chi connectivity index (χ3n) is 1.25. The van der Waals surface area contributed by atoms with Gasteiger partial charge in [-0.05, 0) is 24.3 Å². The van der Waals surface area contributed by atoms with Crippen LogP contribution in [0.15, 0.2) is 29.4 Å². The number of alkyl halides is 3. The molecule has 0 unspecified atom stereocenters. The predicted octanol–water partition coefficient (Wildman–Crippen LogP) is 3.30. The average Bonchev–Trinajstić information content (AvgIpc) is 2.06. The van der Waals surface area contributed by atoms with Crippen LogP contribution in [-0.2, 0) is 0 Å². The van der Waals surface area contributed by atoms with E-state index in [1.54, 1.807) is 12.1 Å². The largest absolute Gasteiger partial charge is 0.428 e. The van der Waals surface area contributed by atoms with Gasteiger partial charge >= 0.3 is 6.18 Å². The molecule has 14 heavy (non-hydrogen) atoms. The number of rotatable bonds is 2. The van der Waals surface area contributed by atoms with Gasteiger partial charge in [-0.1, -0.05) is 11.6 Å². The molecule has 0 atom stereocenters. The van der Waals surface area contributed by atoms with Gasteiger partial charge in [-0.25, -0.2) is 0 Å². The molecular weight excluding hydrogens is 217 g/mol. The maximum atomic E-state index is 11.6. The van der Waals surface area contributed by atoms with Crippen molar-refractivity contribution in [3.05, 3.63) is 29.3 Å². The molecule has 0 saturated carbocycles. The molecule has 0 aliphatic heterocycles. The van der Waals surface area contributed by atoms with Crippen LogP contribution >= 0.6 is 11.6 Å². The predicted molar refractivity (Wildman–Crippen MR) is 49.6 cm³/mol. The Kier molecular flexibility index (Phi) is 3.35. The number of halogens is 4. The molecule has 76 valence electrons. The number of nitrogens with zero attached hydrogens (tertiary/aromatic N) is 1. The number of hydrogen-bond donors (Lipinski definition) is 1. The Morgan fingerprint density at radius 1 is 1.21 bits per heavy atom. The third kappa shape index (κ3) is 4.13. The van der Waals surface area contributed by atoms with Crippen LogP contribution in [0.4, 0.5) is 18.9 Å². The number of hydrazone groups is 1. The Balaban J connectivity index is 2.54. The summed E-state index contributed by atoms with van der Waals surface area (Å²) in [5, 5.41) is 3.51. The van der Waals surface area contributed by atoms with Crippen LogP contribution in [0.2, 0.25) is 5.02 Å². The van der Waals surface area contributed by atoms with E-state index in [0.29, 0.717) is 10.7 Å². The molecule has 1 aromatic carbocycles. The maximum absolute atomic E-state index is 11.6. The number of benzene rings is 1. The molecule has 1 aromatic rings. The lowest BCUT2D eigenvalue weighted by Crippen LogP contribution is -2.09. The van der Waals surface area contributed by atoms with Gasteiger partial charge in [-0.2, -0.15) is 18.3 Å². The highest BCUT2D eigenvalue weighted by molar-refractivity contribution is 6.30. The van der Waals surface area contributed by atoms with Crippen molar-refractivity contribution in [1.29, 1.82) is 0 Å². The Hall–Kier alpha value is -1.23. The summed E-state index contributed by atoms with van der Waals surface area (Å²) in [5.74, 6) is 0. The normalized spacial score (nSPS) is 12.0. The van der Waals surface area contributed by atoms with Gasteiger partial charge in [0.05, 0.1) is 5.69 Å². The number of hydrogen-bond acceptors (Lipinski definition) is 2. The molecule has 1 rings (SSSR count). The van der Waals surface area contributed by atoms with E-state index < -0.39 is 6.18 Å². The summed E-state index contributed by atoms with van der Waals surface area (Å²) in [6, 6.07) is 6.14. The average molecular weight is 223 g/mol. The van der Waals surface area contributed by atoms with Crippen molar-refractivity contribution >= 4 is 23.5 Å². The topological polar surface area (TPSA) is 24.4 Å². The summed E-state index contributed by atoms with van der Waals surface area (Å²) in [5.41, 5.74) is 2.66. The molecule has 0 radical (unpaired) electrons. The second kappa shape index (κ2) is 4.32. The minimum absolute atomic E-state index is 0.123. The summed E-state index contributed by atoms with van der Waals surface area (Å²) in [6.45, 7) is 0. The van der Waals surface area contributed by atoms with Crippen LogP contribution in [0.3, 0.4) is 0 Å². The van der Waals surface area contributed by atoms with Crippen LogP contribution in [0.1, 0.15) is 0 Å². The zero-order valence-electron chi connectivity index (χ0n) is 6.85. The minimum atomic E-state index is -4.40. The molecular formula is C8H6ClF3N2. The highest BCUT2D eigenvalue weighted by Gasteiger charge is 2.23. The van der Waals surface area contributed by atoms with Crippen molar-refractivity contribution in [1.82, 2.24) is 0 Å². The van der Waals surface area contributed by atoms with Crippen LogP contribution in [0, 0.1) is 0 Å². The number of anilines is 1. The van der Waals surface area contributed by atoms with Crippen LogP contribution < -0.4 is 5.43 Å². The van der Waals surface area contributed by atoms with Crippen LogP contribution in [0.5, 0.6) is 0 Å². The van der Waals surface area contributed by atoms with E-state index in [4.69, 9.17) is 11.6 Å². The first-order valence-electron chi connectivity index (χ1n) is 3.60. The fourth-order valence-corrected chi connectivity index (χ4v) is 0.830. The van der Waals surface area contributed by atoms with Crippen LogP contribution in [-0.4, -0.2) is 12.4 Å². The van der Waals surface area contributed by atoms with E-state index in [1.165, 1.54) is 12.1 Å². The summed E-state index contributed by atoms with van der Waals surface area (Å²) in [7, 11) is 0. The maximum Gasteiger partial charge on any atom is 0.428 e. The van der Waals surface area contributed by atoms with E-state index in [-0.39, 0.29) is 6.21 Å². The van der Waals surface area contributed by atoms with E-state index in [2.05, 4.69) is 10.5 Å². The van der Waals surface area contributed by atoms with Crippen molar-refractivity contribution in [3.63, 3.8) is 0 Å². The smallest absolute Gasteiger partial charge is 0.279 e. The van der Waals surface area contributed by atoms with Gasteiger partial charge in [-0.3, -0.25) is 5.43 Å². The molecule has 0 aromatic heterocycles. The van der Waals surface area contributed by atoms with Gasteiger partial charge in [-0.15, -0.1) is 0 Å². The highest BCUT2D eigenvalue weighted by atomic mass is 35.5. The molecule has 0 fully saturated rings. The van der Waals surface area contributed by atoms with Crippen molar-refractivity contribution in [2.75, 3.05) is 5.43 Å².